The molecule has 3 aromatic rings. The summed E-state index contributed by atoms with van der Waals surface area (Å²) in [6, 6.07) is 16.7. The summed E-state index contributed by atoms with van der Waals surface area (Å²) in [4.78, 5) is 12.8. The van der Waals surface area contributed by atoms with Crippen LogP contribution >= 0.6 is 11.6 Å². The largest absolute Gasteiger partial charge is 0.496 e. The average Bonchev–Trinajstić information content (AvgIpc) is 2.78. The minimum absolute atomic E-state index is 0.0328. The number of nitrogens with one attached hydrogen (secondary N) is 2. The van der Waals surface area contributed by atoms with Crippen LogP contribution in [0.4, 0.5) is 5.69 Å². The molecular formula is C25H27ClN2O4S. The molecule has 0 saturated carbocycles. The van der Waals surface area contributed by atoms with Crippen LogP contribution in [0.25, 0.3) is 0 Å². The van der Waals surface area contributed by atoms with Crippen LogP contribution in [0.3, 0.4) is 0 Å². The van der Waals surface area contributed by atoms with Crippen LogP contribution in [-0.2, 0) is 10.0 Å². The molecule has 6 nitrogen and oxygen atoms in total. The van der Waals surface area contributed by atoms with Crippen LogP contribution in [0.1, 0.15) is 46.4 Å². The zero-order valence-electron chi connectivity index (χ0n) is 19.0. The fraction of sp³-hybridized carbons (Fsp3) is 0.240. The summed E-state index contributed by atoms with van der Waals surface area (Å²) in [5, 5.41) is 3.02. The molecule has 1 atom stereocenters. The molecule has 0 aliphatic heterocycles. The molecule has 0 aromatic heterocycles. The van der Waals surface area contributed by atoms with Gasteiger partial charge in [-0.2, -0.15) is 0 Å². The molecule has 8 heteroatoms. The summed E-state index contributed by atoms with van der Waals surface area (Å²) < 4.78 is 33.9. The lowest BCUT2D eigenvalue weighted by Crippen LogP contribution is -2.28. The van der Waals surface area contributed by atoms with Crippen molar-refractivity contribution in [3.63, 3.8) is 0 Å². The Bertz CT molecular complexity index is 1280. The molecule has 3 aromatic carbocycles. The molecule has 0 unspecified atom stereocenters. The van der Waals surface area contributed by atoms with Gasteiger partial charge in [-0.15, -0.1) is 0 Å². The van der Waals surface area contributed by atoms with Crippen LogP contribution in [-0.4, -0.2) is 21.4 Å². The van der Waals surface area contributed by atoms with E-state index in [-0.39, 0.29) is 27.4 Å². The molecule has 0 aliphatic rings. The van der Waals surface area contributed by atoms with Gasteiger partial charge in [0.1, 0.15) is 10.6 Å². The van der Waals surface area contributed by atoms with Crippen LogP contribution in [0, 0.1) is 13.8 Å². The van der Waals surface area contributed by atoms with Gasteiger partial charge in [0.15, 0.2) is 0 Å². The highest BCUT2D eigenvalue weighted by Crippen LogP contribution is 2.28. The number of amides is 1. The Labute approximate surface area is 200 Å². The Hall–Kier alpha value is -3.03. The van der Waals surface area contributed by atoms with Gasteiger partial charge in [-0.25, -0.2) is 8.42 Å². The molecule has 0 bridgehead atoms. The van der Waals surface area contributed by atoms with E-state index in [1.54, 1.807) is 32.2 Å². The molecule has 0 fully saturated rings. The number of hydrogen-bond donors (Lipinski definition) is 2. The molecule has 1 amide bonds. The summed E-state index contributed by atoms with van der Waals surface area (Å²) in [7, 11) is -2.39. The highest BCUT2D eigenvalue weighted by molar-refractivity contribution is 7.92. The molecule has 0 aliphatic carbocycles. The molecule has 0 heterocycles. The Kier molecular flexibility index (Phi) is 7.66. The van der Waals surface area contributed by atoms with Crippen LogP contribution in [0.2, 0.25) is 5.02 Å². The minimum Gasteiger partial charge on any atom is -0.496 e. The van der Waals surface area contributed by atoms with Crippen LogP contribution in [0.5, 0.6) is 5.75 Å². The van der Waals surface area contributed by atoms with Crippen LogP contribution in [0.15, 0.2) is 65.6 Å². The zero-order valence-corrected chi connectivity index (χ0v) is 20.5. The monoisotopic (exact) mass is 486 g/mol. The van der Waals surface area contributed by atoms with E-state index >= 15 is 0 Å². The lowest BCUT2D eigenvalue weighted by molar-refractivity contribution is 0.0935. The normalized spacial score (nSPS) is 12.2. The fourth-order valence-corrected chi connectivity index (χ4v) is 5.18. The van der Waals surface area contributed by atoms with E-state index < -0.39 is 10.0 Å². The maximum atomic E-state index is 13.0. The predicted molar refractivity (Wildman–Crippen MR) is 132 cm³/mol. The first kappa shape index (κ1) is 24.6. The molecule has 0 spiro atoms. The first-order chi connectivity index (χ1) is 15.7. The highest BCUT2D eigenvalue weighted by atomic mass is 35.5. The van der Waals surface area contributed by atoms with E-state index in [4.69, 9.17) is 16.3 Å². The first-order valence-corrected chi connectivity index (χ1v) is 12.4. The number of para-hydroxylation sites is 1. The molecule has 2 N–H and O–H groups in total. The summed E-state index contributed by atoms with van der Waals surface area (Å²) in [5.41, 5.74) is 3.32. The second-order valence-electron chi connectivity index (χ2n) is 7.73. The molecule has 0 saturated heterocycles. The second kappa shape index (κ2) is 10.3. The molecule has 0 radical (unpaired) electrons. The molecular weight excluding hydrogens is 460 g/mol. The van der Waals surface area contributed by atoms with Crippen molar-refractivity contribution >= 4 is 33.2 Å². The summed E-state index contributed by atoms with van der Waals surface area (Å²) in [6.07, 6.45) is 0.658. The maximum Gasteiger partial charge on any atom is 0.263 e. The number of ether oxygens (including phenoxy) is 1. The van der Waals surface area contributed by atoms with Crippen molar-refractivity contribution in [3.05, 3.63) is 87.9 Å². The number of anilines is 1. The quantitative estimate of drug-likeness (QED) is 0.431. The van der Waals surface area contributed by atoms with Crippen molar-refractivity contribution in [1.82, 2.24) is 5.32 Å². The molecule has 3 rings (SSSR count). The number of hydrogen-bond acceptors (Lipinski definition) is 4. The number of rotatable bonds is 8. The van der Waals surface area contributed by atoms with Crippen molar-refractivity contribution in [2.75, 3.05) is 11.8 Å². The first-order valence-electron chi connectivity index (χ1n) is 10.5. The predicted octanol–water partition coefficient (Wildman–Crippen LogP) is 5.65. The molecule has 174 valence electrons. The van der Waals surface area contributed by atoms with Gasteiger partial charge in [-0.05, 0) is 67.3 Å². The number of methoxy groups -OCH3 is 1. The van der Waals surface area contributed by atoms with Crippen molar-refractivity contribution < 1.29 is 17.9 Å². The van der Waals surface area contributed by atoms with Gasteiger partial charge in [0.05, 0.1) is 23.9 Å². The smallest absolute Gasteiger partial charge is 0.263 e. The van der Waals surface area contributed by atoms with Crippen molar-refractivity contribution in [1.29, 1.82) is 0 Å². The third-order valence-electron chi connectivity index (χ3n) is 5.41. The van der Waals surface area contributed by atoms with Crippen molar-refractivity contribution in [2.24, 2.45) is 0 Å². The van der Waals surface area contributed by atoms with Gasteiger partial charge >= 0.3 is 0 Å². The Morgan fingerprint density at radius 1 is 1.03 bits per heavy atom. The van der Waals surface area contributed by atoms with E-state index in [0.29, 0.717) is 12.1 Å². The van der Waals surface area contributed by atoms with E-state index in [2.05, 4.69) is 10.0 Å². The van der Waals surface area contributed by atoms with E-state index in [9.17, 15) is 13.2 Å². The Balaban J connectivity index is 1.86. The number of halogens is 1. The lowest BCUT2D eigenvalue weighted by Gasteiger charge is -2.19. The SMILES string of the molecule is CC[C@H](NC(=O)c1ccc(Cl)c(S(=O)(=O)Nc2ccccc2C)c1)c1ccc(OC)c(C)c1. The number of sulfonamides is 1. The third-order valence-corrected chi connectivity index (χ3v) is 7.25. The molecule has 33 heavy (non-hydrogen) atoms. The number of carbonyl (C=O) groups is 1. The van der Waals surface area contributed by atoms with Crippen molar-refractivity contribution in [2.45, 2.75) is 38.1 Å². The van der Waals surface area contributed by atoms with E-state index in [1.165, 1.54) is 18.2 Å². The van der Waals surface area contributed by atoms with Gasteiger partial charge < -0.3 is 10.1 Å². The lowest BCUT2D eigenvalue weighted by atomic mass is 10.0. The van der Waals surface area contributed by atoms with E-state index in [1.807, 2.05) is 38.1 Å². The minimum atomic E-state index is -4.00. The van der Waals surface area contributed by atoms with Gasteiger partial charge in [-0.3, -0.25) is 9.52 Å². The summed E-state index contributed by atoms with van der Waals surface area (Å²) in [6.45, 7) is 5.71. The Morgan fingerprint density at radius 3 is 2.39 bits per heavy atom. The third kappa shape index (κ3) is 5.67. The summed E-state index contributed by atoms with van der Waals surface area (Å²) >= 11 is 6.20. The van der Waals surface area contributed by atoms with Gasteiger partial charge in [0.2, 0.25) is 0 Å². The number of carbonyl (C=O) groups excluding carboxylic acids is 1. The van der Waals surface area contributed by atoms with Gasteiger partial charge in [0.25, 0.3) is 15.9 Å². The zero-order chi connectivity index (χ0) is 24.2. The van der Waals surface area contributed by atoms with E-state index in [0.717, 1.165) is 22.4 Å². The number of aryl methyl sites for hydroxylation is 2. The second-order valence-corrected chi connectivity index (χ2v) is 9.79. The number of benzene rings is 3. The standard InChI is InChI=1S/C25H27ClN2O4S/c1-5-21(18-11-13-23(32-4)17(3)14-18)27-25(29)19-10-12-20(26)24(15-19)33(30,31)28-22-9-7-6-8-16(22)2/h6-15,21,28H,5H2,1-4H3,(H,27,29)/t21-/m0/s1. The van der Waals surface area contributed by atoms with Crippen molar-refractivity contribution in [3.8, 4) is 5.75 Å². The van der Waals surface area contributed by atoms with Crippen LogP contribution < -0.4 is 14.8 Å². The van der Waals surface area contributed by atoms with Gasteiger partial charge in [0, 0.05) is 5.56 Å². The highest BCUT2D eigenvalue weighted by Gasteiger charge is 2.22. The topological polar surface area (TPSA) is 84.5 Å². The average molecular weight is 487 g/mol. The summed E-state index contributed by atoms with van der Waals surface area (Å²) in [5.74, 6) is 0.382. The fourth-order valence-electron chi connectivity index (χ4n) is 3.52. The maximum absolute atomic E-state index is 13.0. The van der Waals surface area contributed by atoms with Gasteiger partial charge in [-0.1, -0.05) is 48.9 Å². The Morgan fingerprint density at radius 2 is 1.76 bits per heavy atom.